The SMILES string of the molecule is COc1c(CC(=O)c2cccc(C#N)c2)cnc2c1c(C1CCN(C(=O)[C@@H](C)C(C)C)CC1)cn2C. The molecule has 0 unspecified atom stereocenters. The summed E-state index contributed by atoms with van der Waals surface area (Å²) in [6, 6.07) is 8.83. The van der Waals surface area contributed by atoms with Crippen molar-refractivity contribution >= 4 is 22.7 Å². The first kappa shape index (κ1) is 25.4. The molecule has 2 aromatic heterocycles. The average molecular weight is 487 g/mol. The van der Waals surface area contributed by atoms with Crippen LogP contribution in [-0.2, 0) is 18.3 Å². The lowest BCUT2D eigenvalue weighted by molar-refractivity contribution is -0.137. The Morgan fingerprint density at radius 1 is 1.22 bits per heavy atom. The number of amides is 1. The average Bonchev–Trinajstić information content (AvgIpc) is 3.24. The van der Waals surface area contributed by atoms with E-state index in [1.165, 1.54) is 0 Å². The zero-order chi connectivity index (χ0) is 26.0. The summed E-state index contributed by atoms with van der Waals surface area (Å²) >= 11 is 0. The van der Waals surface area contributed by atoms with Gasteiger partial charge in [-0.2, -0.15) is 5.26 Å². The minimum Gasteiger partial charge on any atom is -0.496 e. The molecule has 3 heterocycles. The van der Waals surface area contributed by atoms with Crippen LogP contribution in [0.3, 0.4) is 0 Å². The van der Waals surface area contributed by atoms with Crippen LogP contribution in [-0.4, -0.2) is 46.3 Å². The molecule has 1 aromatic carbocycles. The van der Waals surface area contributed by atoms with Crippen molar-refractivity contribution in [3.8, 4) is 11.8 Å². The van der Waals surface area contributed by atoms with Crippen LogP contribution in [0.25, 0.3) is 11.0 Å². The third-order valence-electron chi connectivity index (χ3n) is 7.55. The van der Waals surface area contributed by atoms with Gasteiger partial charge in [-0.15, -0.1) is 0 Å². The van der Waals surface area contributed by atoms with Crippen molar-refractivity contribution in [2.75, 3.05) is 20.2 Å². The van der Waals surface area contributed by atoms with Crippen LogP contribution >= 0.6 is 0 Å². The smallest absolute Gasteiger partial charge is 0.225 e. The highest BCUT2D eigenvalue weighted by molar-refractivity contribution is 5.99. The molecule has 7 heteroatoms. The van der Waals surface area contributed by atoms with E-state index >= 15 is 0 Å². The Hall–Kier alpha value is -3.66. The van der Waals surface area contributed by atoms with Gasteiger partial charge in [0.25, 0.3) is 0 Å². The summed E-state index contributed by atoms with van der Waals surface area (Å²) in [5.74, 6) is 1.45. The number of nitrogens with zero attached hydrogens (tertiary/aromatic N) is 4. The largest absolute Gasteiger partial charge is 0.496 e. The van der Waals surface area contributed by atoms with Gasteiger partial charge in [0.2, 0.25) is 5.91 Å². The molecule has 7 nitrogen and oxygen atoms in total. The maximum atomic E-state index is 13.0. The van der Waals surface area contributed by atoms with Crippen LogP contribution in [0.5, 0.6) is 5.75 Å². The predicted molar refractivity (Wildman–Crippen MR) is 139 cm³/mol. The maximum absolute atomic E-state index is 13.0. The number of ether oxygens (including phenoxy) is 1. The second kappa shape index (κ2) is 10.5. The normalized spacial score (nSPS) is 15.2. The van der Waals surface area contributed by atoms with Gasteiger partial charge in [-0.3, -0.25) is 9.59 Å². The number of hydrogen-bond acceptors (Lipinski definition) is 5. The quantitative estimate of drug-likeness (QED) is 0.444. The number of rotatable bonds is 7. The third kappa shape index (κ3) is 4.86. The first-order valence-electron chi connectivity index (χ1n) is 12.6. The molecular formula is C29H34N4O3. The van der Waals surface area contributed by atoms with Gasteiger partial charge in [-0.1, -0.05) is 32.9 Å². The van der Waals surface area contributed by atoms with Crippen molar-refractivity contribution < 1.29 is 14.3 Å². The van der Waals surface area contributed by atoms with Crippen molar-refractivity contribution in [1.82, 2.24) is 14.5 Å². The summed E-state index contributed by atoms with van der Waals surface area (Å²) in [6.07, 6.45) is 5.72. The first-order valence-corrected chi connectivity index (χ1v) is 12.6. The lowest BCUT2D eigenvalue weighted by atomic mass is 9.87. The van der Waals surface area contributed by atoms with Crippen LogP contribution in [0.15, 0.2) is 36.7 Å². The molecule has 0 saturated carbocycles. The van der Waals surface area contributed by atoms with E-state index in [1.807, 2.05) is 23.4 Å². The monoisotopic (exact) mass is 486 g/mol. The number of carbonyl (C=O) groups excluding carboxylic acids is 2. The number of piperidine rings is 1. The van der Waals surface area contributed by atoms with Crippen molar-refractivity contribution in [3.05, 3.63) is 58.9 Å². The van der Waals surface area contributed by atoms with Crippen LogP contribution in [0.1, 0.15) is 66.6 Å². The van der Waals surface area contributed by atoms with Gasteiger partial charge in [0, 0.05) is 56.0 Å². The molecule has 1 amide bonds. The van der Waals surface area contributed by atoms with Gasteiger partial charge in [-0.25, -0.2) is 4.98 Å². The number of hydrogen-bond donors (Lipinski definition) is 0. The van der Waals surface area contributed by atoms with E-state index < -0.39 is 0 Å². The lowest BCUT2D eigenvalue weighted by Crippen LogP contribution is -2.41. The number of likely N-dealkylation sites (tertiary alicyclic amines) is 1. The molecule has 1 fully saturated rings. The van der Waals surface area contributed by atoms with Gasteiger partial charge in [0.05, 0.1) is 24.1 Å². The second-order valence-corrected chi connectivity index (χ2v) is 10.1. The van der Waals surface area contributed by atoms with E-state index in [4.69, 9.17) is 4.74 Å². The summed E-state index contributed by atoms with van der Waals surface area (Å²) in [4.78, 5) is 32.6. The van der Waals surface area contributed by atoms with Gasteiger partial charge in [-0.05, 0) is 42.4 Å². The molecule has 36 heavy (non-hydrogen) atoms. The van der Waals surface area contributed by atoms with Crippen LogP contribution < -0.4 is 4.74 Å². The molecule has 1 aliphatic heterocycles. The Kier molecular flexibility index (Phi) is 7.44. The molecule has 1 aliphatic rings. The van der Waals surface area contributed by atoms with E-state index in [0.29, 0.717) is 22.8 Å². The Labute approximate surface area is 212 Å². The summed E-state index contributed by atoms with van der Waals surface area (Å²) in [7, 11) is 3.60. The van der Waals surface area contributed by atoms with E-state index in [-0.39, 0.29) is 29.9 Å². The van der Waals surface area contributed by atoms with Crippen molar-refractivity contribution in [2.45, 2.75) is 46.0 Å². The molecular weight excluding hydrogens is 452 g/mol. The molecule has 1 saturated heterocycles. The van der Waals surface area contributed by atoms with Crippen LogP contribution in [0.2, 0.25) is 0 Å². The minimum atomic E-state index is -0.0878. The summed E-state index contributed by atoms with van der Waals surface area (Å²) in [5, 5.41) is 10.1. The topological polar surface area (TPSA) is 88.2 Å². The van der Waals surface area contributed by atoms with E-state index in [2.05, 4.69) is 31.1 Å². The fraction of sp³-hybridized carbons (Fsp3) is 0.448. The number of aryl methyl sites for hydroxylation is 1. The lowest BCUT2D eigenvalue weighted by Gasteiger charge is -2.34. The highest BCUT2D eigenvalue weighted by Gasteiger charge is 2.30. The zero-order valence-corrected chi connectivity index (χ0v) is 21.7. The molecule has 0 spiro atoms. The van der Waals surface area contributed by atoms with E-state index in [0.717, 1.165) is 48.1 Å². The van der Waals surface area contributed by atoms with Gasteiger partial charge < -0.3 is 14.2 Å². The highest BCUT2D eigenvalue weighted by Crippen LogP contribution is 2.40. The summed E-state index contributed by atoms with van der Waals surface area (Å²) in [5.41, 5.74) is 3.65. The van der Waals surface area contributed by atoms with Crippen LogP contribution in [0, 0.1) is 23.2 Å². The number of benzene rings is 1. The molecule has 188 valence electrons. The second-order valence-electron chi connectivity index (χ2n) is 10.1. The van der Waals surface area contributed by atoms with Crippen LogP contribution in [0.4, 0.5) is 0 Å². The molecule has 0 radical (unpaired) electrons. The zero-order valence-electron chi connectivity index (χ0n) is 21.7. The van der Waals surface area contributed by atoms with E-state index in [1.54, 1.807) is 37.6 Å². The van der Waals surface area contributed by atoms with Crippen molar-refractivity contribution in [1.29, 1.82) is 5.26 Å². The molecule has 0 aliphatic carbocycles. The summed E-state index contributed by atoms with van der Waals surface area (Å²) in [6.45, 7) is 7.67. The van der Waals surface area contributed by atoms with Crippen molar-refractivity contribution in [2.24, 2.45) is 18.9 Å². The molecule has 3 aromatic rings. The third-order valence-corrected chi connectivity index (χ3v) is 7.55. The van der Waals surface area contributed by atoms with E-state index in [9.17, 15) is 14.9 Å². The van der Waals surface area contributed by atoms with Gasteiger partial charge >= 0.3 is 0 Å². The molecule has 1 atom stereocenters. The maximum Gasteiger partial charge on any atom is 0.225 e. The molecule has 0 N–H and O–H groups in total. The fourth-order valence-corrected chi connectivity index (χ4v) is 5.08. The minimum absolute atomic E-state index is 0.0253. The predicted octanol–water partition coefficient (Wildman–Crippen LogP) is 4.88. The standard InChI is InChI=1S/C29H34N4O3/c1-18(2)19(3)29(35)33-11-9-21(10-12-33)24-17-32(4)28-26(24)27(36-5)23(16-31-28)14-25(34)22-8-6-7-20(13-22)15-30/h6-8,13,16-19,21H,9-12,14H2,1-5H3/t19-/m0/s1. The van der Waals surface area contributed by atoms with Gasteiger partial charge in [0.1, 0.15) is 11.4 Å². The Balaban J connectivity index is 1.62. The number of nitriles is 1. The number of aromatic nitrogens is 2. The number of Topliss-reactive ketones (excluding diaryl/α,β-unsaturated/α-hetero) is 1. The summed E-state index contributed by atoms with van der Waals surface area (Å²) < 4.78 is 7.89. The highest BCUT2D eigenvalue weighted by atomic mass is 16.5. The Morgan fingerprint density at radius 2 is 1.94 bits per heavy atom. The van der Waals surface area contributed by atoms with Gasteiger partial charge in [0.15, 0.2) is 5.78 Å². The Bertz CT molecular complexity index is 1330. The van der Waals surface area contributed by atoms with Crippen molar-refractivity contribution in [3.63, 3.8) is 0 Å². The number of fused-ring (bicyclic) bond motifs is 1. The number of pyridine rings is 1. The Morgan fingerprint density at radius 3 is 2.58 bits per heavy atom. The number of ketones is 1. The fourth-order valence-electron chi connectivity index (χ4n) is 5.08. The molecule has 4 rings (SSSR count). The molecule has 0 bridgehead atoms. The first-order chi connectivity index (χ1) is 17.2. The number of carbonyl (C=O) groups is 2. The number of methoxy groups -OCH3 is 1.